The number of phenols is 1. The van der Waals surface area contributed by atoms with Gasteiger partial charge in [0.1, 0.15) is 11.4 Å². The first-order chi connectivity index (χ1) is 9.02. The fraction of sp³-hybridized carbons (Fsp3) is 0.231. The Morgan fingerprint density at radius 3 is 2.95 bits per heavy atom. The summed E-state index contributed by atoms with van der Waals surface area (Å²) in [6.45, 7) is 2.55. The summed E-state index contributed by atoms with van der Waals surface area (Å²) in [5.74, 6) is -0.127. The van der Waals surface area contributed by atoms with Crippen LogP contribution >= 0.6 is 23.8 Å². The van der Waals surface area contributed by atoms with Crippen LogP contribution < -0.4 is 5.32 Å². The van der Waals surface area contributed by atoms with Gasteiger partial charge in [-0.15, -0.1) is 0 Å². The number of hydrogen-bond donors (Lipinski definition) is 2. The molecule has 4 nitrogen and oxygen atoms in total. The summed E-state index contributed by atoms with van der Waals surface area (Å²) < 4.78 is 0. The first-order valence-electron chi connectivity index (χ1n) is 5.86. The molecule has 0 saturated carbocycles. The van der Waals surface area contributed by atoms with Gasteiger partial charge in [-0.2, -0.15) is 0 Å². The first-order valence-corrected chi connectivity index (χ1v) is 6.64. The Balaban J connectivity index is 2.32. The molecule has 1 aromatic rings. The molecule has 0 aromatic heterocycles. The van der Waals surface area contributed by atoms with Crippen molar-refractivity contribution in [3.63, 3.8) is 0 Å². The molecule has 1 aliphatic heterocycles. The van der Waals surface area contributed by atoms with Gasteiger partial charge in [-0.25, -0.2) is 0 Å². The van der Waals surface area contributed by atoms with Crippen molar-refractivity contribution in [2.75, 3.05) is 6.54 Å². The number of hydrogen-bond acceptors (Lipinski definition) is 3. The highest BCUT2D eigenvalue weighted by atomic mass is 35.5. The van der Waals surface area contributed by atoms with Crippen LogP contribution in [0.4, 0.5) is 0 Å². The Hall–Kier alpha value is -1.59. The van der Waals surface area contributed by atoms with E-state index >= 15 is 0 Å². The Morgan fingerprint density at radius 2 is 2.26 bits per heavy atom. The van der Waals surface area contributed by atoms with E-state index < -0.39 is 0 Å². The average Bonchev–Trinajstić information content (AvgIpc) is 2.62. The van der Waals surface area contributed by atoms with Crippen molar-refractivity contribution >= 4 is 40.9 Å². The molecule has 0 spiro atoms. The average molecular weight is 297 g/mol. The van der Waals surface area contributed by atoms with Gasteiger partial charge in [0.15, 0.2) is 5.11 Å². The molecule has 2 N–H and O–H groups in total. The van der Waals surface area contributed by atoms with Crippen LogP contribution in [0.1, 0.15) is 18.9 Å². The minimum absolute atomic E-state index is 0.0614. The maximum absolute atomic E-state index is 12.1. The second-order valence-electron chi connectivity index (χ2n) is 4.15. The zero-order valence-electron chi connectivity index (χ0n) is 10.3. The summed E-state index contributed by atoms with van der Waals surface area (Å²) in [6.07, 6.45) is 2.37. The van der Waals surface area contributed by atoms with Crippen LogP contribution in [-0.4, -0.2) is 27.6 Å². The van der Waals surface area contributed by atoms with Crippen molar-refractivity contribution in [2.24, 2.45) is 0 Å². The second-order valence-corrected chi connectivity index (χ2v) is 4.97. The van der Waals surface area contributed by atoms with Crippen molar-refractivity contribution in [1.82, 2.24) is 10.2 Å². The number of phenolic OH excluding ortho intramolecular Hbond substituents is 1. The predicted molar refractivity (Wildman–Crippen MR) is 78.8 cm³/mol. The summed E-state index contributed by atoms with van der Waals surface area (Å²) in [4.78, 5) is 13.6. The Labute approximate surface area is 121 Å². The molecular weight excluding hydrogens is 284 g/mol. The quantitative estimate of drug-likeness (QED) is 0.665. The van der Waals surface area contributed by atoms with Crippen LogP contribution in [0, 0.1) is 0 Å². The molecule has 2 rings (SSSR count). The first kappa shape index (κ1) is 13.8. The fourth-order valence-corrected chi connectivity index (χ4v) is 2.26. The van der Waals surface area contributed by atoms with Crippen LogP contribution in [0.2, 0.25) is 5.02 Å². The molecular formula is C13H13ClN2O2S. The van der Waals surface area contributed by atoms with E-state index in [9.17, 15) is 9.90 Å². The Kier molecular flexibility index (Phi) is 4.07. The lowest BCUT2D eigenvalue weighted by Crippen LogP contribution is -2.31. The van der Waals surface area contributed by atoms with Gasteiger partial charge < -0.3 is 10.4 Å². The van der Waals surface area contributed by atoms with Crippen LogP contribution in [0.25, 0.3) is 6.08 Å². The lowest BCUT2D eigenvalue weighted by Gasteiger charge is -2.11. The molecule has 0 aliphatic carbocycles. The molecule has 1 fully saturated rings. The van der Waals surface area contributed by atoms with Gasteiger partial charge in [-0.05, 0) is 42.9 Å². The summed E-state index contributed by atoms with van der Waals surface area (Å²) in [7, 11) is 0. The Morgan fingerprint density at radius 1 is 1.53 bits per heavy atom. The molecule has 1 heterocycles. The SMILES string of the molecule is CCCN1C(=O)C(=Cc2cc(Cl)ccc2O)NC1=S. The number of nitrogens with one attached hydrogen (secondary N) is 1. The number of amides is 1. The third-order valence-corrected chi connectivity index (χ3v) is 3.26. The molecule has 0 atom stereocenters. The maximum atomic E-state index is 12.1. The smallest absolute Gasteiger partial charge is 0.276 e. The number of aromatic hydroxyl groups is 1. The third kappa shape index (κ3) is 2.88. The molecule has 0 bridgehead atoms. The largest absolute Gasteiger partial charge is 0.507 e. The number of benzene rings is 1. The maximum Gasteiger partial charge on any atom is 0.276 e. The van der Waals surface area contributed by atoms with Gasteiger partial charge in [0.2, 0.25) is 0 Å². The summed E-state index contributed by atoms with van der Waals surface area (Å²) in [5, 5.41) is 13.5. The molecule has 100 valence electrons. The van der Waals surface area contributed by atoms with E-state index in [2.05, 4.69) is 5.32 Å². The van der Waals surface area contributed by atoms with E-state index in [-0.39, 0.29) is 11.7 Å². The highest BCUT2D eigenvalue weighted by molar-refractivity contribution is 7.80. The van der Waals surface area contributed by atoms with Crippen LogP contribution in [0.3, 0.4) is 0 Å². The van der Waals surface area contributed by atoms with Gasteiger partial charge in [0, 0.05) is 17.1 Å². The van der Waals surface area contributed by atoms with Gasteiger partial charge in [-0.1, -0.05) is 18.5 Å². The number of carbonyl (C=O) groups excluding carboxylic acids is 1. The standard InChI is InChI=1S/C13H13ClN2O2S/c1-2-5-16-12(18)10(15-13(16)19)7-8-6-9(14)3-4-11(8)17/h3-4,6-7,17H,2,5H2,1H3,(H,15,19). The van der Waals surface area contributed by atoms with Crippen molar-refractivity contribution in [3.8, 4) is 5.75 Å². The van der Waals surface area contributed by atoms with E-state index in [1.165, 1.54) is 11.0 Å². The minimum Gasteiger partial charge on any atom is -0.507 e. The van der Waals surface area contributed by atoms with E-state index in [1.54, 1.807) is 18.2 Å². The van der Waals surface area contributed by atoms with E-state index in [0.29, 0.717) is 27.9 Å². The molecule has 0 radical (unpaired) electrons. The number of thiocarbonyl (C=S) groups is 1. The number of nitrogens with zero attached hydrogens (tertiary/aromatic N) is 1. The normalized spacial score (nSPS) is 17.2. The molecule has 1 amide bonds. The summed E-state index contributed by atoms with van der Waals surface area (Å²) in [6, 6.07) is 4.65. The lowest BCUT2D eigenvalue weighted by atomic mass is 10.1. The molecule has 0 unspecified atom stereocenters. The van der Waals surface area contributed by atoms with Gasteiger partial charge in [0.25, 0.3) is 5.91 Å². The fourth-order valence-electron chi connectivity index (χ4n) is 1.79. The van der Waals surface area contributed by atoms with Crippen LogP contribution in [0.15, 0.2) is 23.9 Å². The highest BCUT2D eigenvalue weighted by Gasteiger charge is 2.29. The zero-order valence-corrected chi connectivity index (χ0v) is 11.9. The van der Waals surface area contributed by atoms with E-state index in [0.717, 1.165) is 6.42 Å². The predicted octanol–water partition coefficient (Wildman–Crippen LogP) is 2.51. The van der Waals surface area contributed by atoms with Crippen LogP contribution in [-0.2, 0) is 4.79 Å². The number of halogens is 1. The monoisotopic (exact) mass is 296 g/mol. The molecule has 1 aromatic carbocycles. The molecule has 1 aliphatic rings. The van der Waals surface area contributed by atoms with Gasteiger partial charge in [-0.3, -0.25) is 9.69 Å². The van der Waals surface area contributed by atoms with Crippen molar-refractivity contribution < 1.29 is 9.90 Å². The van der Waals surface area contributed by atoms with Crippen molar-refractivity contribution in [1.29, 1.82) is 0 Å². The second kappa shape index (κ2) is 5.59. The molecule has 1 saturated heterocycles. The zero-order chi connectivity index (χ0) is 14.0. The topological polar surface area (TPSA) is 52.6 Å². The molecule has 19 heavy (non-hydrogen) atoms. The van der Waals surface area contributed by atoms with Crippen LogP contribution in [0.5, 0.6) is 5.75 Å². The summed E-state index contributed by atoms with van der Waals surface area (Å²) in [5.41, 5.74) is 0.820. The van der Waals surface area contributed by atoms with Crippen molar-refractivity contribution in [2.45, 2.75) is 13.3 Å². The molecule has 6 heteroatoms. The van der Waals surface area contributed by atoms with Gasteiger partial charge >= 0.3 is 0 Å². The number of carbonyl (C=O) groups is 1. The highest BCUT2D eigenvalue weighted by Crippen LogP contribution is 2.25. The minimum atomic E-state index is -0.189. The Bertz CT molecular complexity index is 572. The number of rotatable bonds is 3. The summed E-state index contributed by atoms with van der Waals surface area (Å²) >= 11 is 11.0. The van der Waals surface area contributed by atoms with Gasteiger partial charge in [0.05, 0.1) is 0 Å². The lowest BCUT2D eigenvalue weighted by molar-refractivity contribution is -0.122. The van der Waals surface area contributed by atoms with E-state index in [1.807, 2.05) is 6.92 Å². The van der Waals surface area contributed by atoms with E-state index in [4.69, 9.17) is 23.8 Å². The van der Waals surface area contributed by atoms with Crippen molar-refractivity contribution in [3.05, 3.63) is 34.5 Å². The third-order valence-electron chi connectivity index (χ3n) is 2.70.